The molecular weight excluding hydrogens is 212 g/mol. The number of methoxy groups -OCH3 is 1. The summed E-state index contributed by atoms with van der Waals surface area (Å²) in [7, 11) is 1.64. The summed E-state index contributed by atoms with van der Waals surface area (Å²) in [5, 5.41) is 3.32. The van der Waals surface area contributed by atoms with Crippen molar-refractivity contribution in [1.82, 2.24) is 0 Å². The molecule has 0 aliphatic rings. The highest BCUT2D eigenvalue weighted by atomic mass is 16.5. The first-order valence-corrected chi connectivity index (χ1v) is 5.51. The lowest BCUT2D eigenvalue weighted by Crippen LogP contribution is -2.03. The van der Waals surface area contributed by atoms with Gasteiger partial charge in [0.2, 0.25) is 0 Å². The van der Waals surface area contributed by atoms with Gasteiger partial charge < -0.3 is 15.8 Å². The highest BCUT2D eigenvalue weighted by Crippen LogP contribution is 2.20. The van der Waals surface area contributed by atoms with Crippen LogP contribution in [0.3, 0.4) is 0 Å². The fraction of sp³-hybridized carbons (Fsp3) is 0.143. The molecule has 2 rings (SSSR count). The molecule has 0 spiro atoms. The predicted octanol–water partition coefficient (Wildman–Crippen LogP) is 2.89. The summed E-state index contributed by atoms with van der Waals surface area (Å²) in [6.45, 7) is 0.708. The zero-order valence-electron chi connectivity index (χ0n) is 9.81. The molecule has 0 aromatic heterocycles. The van der Waals surface area contributed by atoms with E-state index in [2.05, 4.69) is 5.32 Å². The van der Waals surface area contributed by atoms with Crippen molar-refractivity contribution in [3.8, 4) is 5.75 Å². The number of para-hydroxylation sites is 1. The molecule has 2 aromatic rings. The van der Waals surface area contributed by atoms with Crippen LogP contribution in [0.4, 0.5) is 11.4 Å². The summed E-state index contributed by atoms with van der Waals surface area (Å²) in [6.07, 6.45) is 0. The molecule has 88 valence electrons. The molecule has 3 nitrogen and oxygen atoms in total. The van der Waals surface area contributed by atoms with Crippen LogP contribution in [0.15, 0.2) is 48.5 Å². The Kier molecular flexibility index (Phi) is 3.50. The molecule has 17 heavy (non-hydrogen) atoms. The lowest BCUT2D eigenvalue weighted by atomic mass is 10.1. The molecule has 3 heteroatoms. The van der Waals surface area contributed by atoms with Crippen LogP contribution in [0, 0.1) is 0 Å². The van der Waals surface area contributed by atoms with Crippen molar-refractivity contribution in [2.45, 2.75) is 6.54 Å². The van der Waals surface area contributed by atoms with Gasteiger partial charge in [0.15, 0.2) is 0 Å². The third kappa shape index (κ3) is 2.91. The van der Waals surface area contributed by atoms with Crippen molar-refractivity contribution in [3.05, 3.63) is 54.1 Å². The molecule has 0 bridgehead atoms. The Morgan fingerprint density at radius 1 is 1.12 bits per heavy atom. The van der Waals surface area contributed by atoms with E-state index in [-0.39, 0.29) is 0 Å². The van der Waals surface area contributed by atoms with Gasteiger partial charge in [-0.25, -0.2) is 0 Å². The van der Waals surface area contributed by atoms with Gasteiger partial charge in [-0.3, -0.25) is 0 Å². The predicted molar refractivity (Wildman–Crippen MR) is 71.2 cm³/mol. The van der Waals surface area contributed by atoms with Crippen molar-refractivity contribution < 1.29 is 4.74 Å². The van der Waals surface area contributed by atoms with E-state index >= 15 is 0 Å². The highest BCUT2D eigenvalue weighted by molar-refractivity contribution is 5.53. The first-order chi connectivity index (χ1) is 8.29. The first-order valence-electron chi connectivity index (χ1n) is 5.51. The SMILES string of the molecule is COc1ccc(CNc2ccccc2)c(N)c1. The number of benzene rings is 2. The molecular formula is C14H16N2O. The Bertz CT molecular complexity index is 483. The topological polar surface area (TPSA) is 47.3 Å². The number of rotatable bonds is 4. The molecule has 0 saturated carbocycles. The van der Waals surface area contributed by atoms with E-state index in [0.29, 0.717) is 6.54 Å². The van der Waals surface area contributed by atoms with Gasteiger partial charge in [-0.1, -0.05) is 24.3 Å². The Labute approximate surface area is 101 Å². The standard InChI is InChI=1S/C14H16N2O/c1-17-13-8-7-11(14(15)9-13)10-16-12-5-3-2-4-6-12/h2-9,16H,10,15H2,1H3. The van der Waals surface area contributed by atoms with Crippen molar-refractivity contribution >= 4 is 11.4 Å². The van der Waals surface area contributed by atoms with E-state index in [0.717, 1.165) is 22.7 Å². The van der Waals surface area contributed by atoms with E-state index in [1.807, 2.05) is 48.5 Å². The maximum absolute atomic E-state index is 5.94. The average Bonchev–Trinajstić information content (AvgIpc) is 2.38. The molecule has 3 N–H and O–H groups in total. The Balaban J connectivity index is 2.04. The number of hydrogen-bond acceptors (Lipinski definition) is 3. The molecule has 0 fully saturated rings. The molecule has 0 radical (unpaired) electrons. The van der Waals surface area contributed by atoms with Crippen LogP contribution in [-0.2, 0) is 6.54 Å². The van der Waals surface area contributed by atoms with Crippen molar-refractivity contribution in [3.63, 3.8) is 0 Å². The fourth-order valence-corrected chi connectivity index (χ4v) is 1.61. The monoisotopic (exact) mass is 228 g/mol. The van der Waals surface area contributed by atoms with Gasteiger partial charge in [-0.15, -0.1) is 0 Å². The summed E-state index contributed by atoms with van der Waals surface area (Å²) in [6, 6.07) is 15.8. The summed E-state index contributed by atoms with van der Waals surface area (Å²) in [5.74, 6) is 0.783. The van der Waals surface area contributed by atoms with Crippen molar-refractivity contribution in [2.24, 2.45) is 0 Å². The van der Waals surface area contributed by atoms with Crippen LogP contribution in [0.2, 0.25) is 0 Å². The van der Waals surface area contributed by atoms with Crippen LogP contribution < -0.4 is 15.8 Å². The lowest BCUT2D eigenvalue weighted by molar-refractivity contribution is 0.415. The Morgan fingerprint density at radius 3 is 2.53 bits per heavy atom. The Hall–Kier alpha value is -2.16. The molecule has 0 heterocycles. The molecule has 0 unspecified atom stereocenters. The summed E-state index contributed by atoms with van der Waals surface area (Å²) in [5.41, 5.74) is 8.83. The first kappa shape index (κ1) is 11.3. The van der Waals surface area contributed by atoms with Gasteiger partial charge in [0, 0.05) is 24.0 Å². The number of nitrogens with one attached hydrogen (secondary N) is 1. The second-order valence-electron chi connectivity index (χ2n) is 3.78. The number of nitrogen functional groups attached to an aromatic ring is 1. The molecule has 0 aliphatic carbocycles. The van der Waals surface area contributed by atoms with Crippen LogP contribution >= 0.6 is 0 Å². The van der Waals surface area contributed by atoms with Gasteiger partial charge in [0.1, 0.15) is 5.75 Å². The second kappa shape index (κ2) is 5.25. The quantitative estimate of drug-likeness (QED) is 0.791. The lowest BCUT2D eigenvalue weighted by Gasteiger charge is -2.10. The Morgan fingerprint density at radius 2 is 1.88 bits per heavy atom. The van der Waals surface area contributed by atoms with Crippen molar-refractivity contribution in [1.29, 1.82) is 0 Å². The van der Waals surface area contributed by atoms with Gasteiger partial charge in [-0.2, -0.15) is 0 Å². The van der Waals surface area contributed by atoms with Crippen LogP contribution in [0.25, 0.3) is 0 Å². The van der Waals surface area contributed by atoms with Crippen LogP contribution in [-0.4, -0.2) is 7.11 Å². The second-order valence-corrected chi connectivity index (χ2v) is 3.78. The fourth-order valence-electron chi connectivity index (χ4n) is 1.61. The minimum atomic E-state index is 0.708. The van der Waals surface area contributed by atoms with E-state index in [1.165, 1.54) is 0 Å². The minimum Gasteiger partial charge on any atom is -0.497 e. The van der Waals surface area contributed by atoms with E-state index < -0.39 is 0 Å². The number of hydrogen-bond donors (Lipinski definition) is 2. The smallest absolute Gasteiger partial charge is 0.120 e. The minimum absolute atomic E-state index is 0.708. The zero-order valence-corrected chi connectivity index (χ0v) is 9.81. The normalized spacial score (nSPS) is 9.94. The van der Waals surface area contributed by atoms with Gasteiger partial charge in [0.05, 0.1) is 7.11 Å². The van der Waals surface area contributed by atoms with Gasteiger partial charge >= 0.3 is 0 Å². The van der Waals surface area contributed by atoms with E-state index in [4.69, 9.17) is 10.5 Å². The molecule has 0 atom stereocenters. The van der Waals surface area contributed by atoms with E-state index in [9.17, 15) is 0 Å². The van der Waals surface area contributed by atoms with Gasteiger partial charge in [0.25, 0.3) is 0 Å². The van der Waals surface area contributed by atoms with E-state index in [1.54, 1.807) is 7.11 Å². The summed E-state index contributed by atoms with van der Waals surface area (Å²) in [4.78, 5) is 0. The highest BCUT2D eigenvalue weighted by Gasteiger charge is 2.00. The largest absolute Gasteiger partial charge is 0.497 e. The molecule has 0 amide bonds. The zero-order chi connectivity index (χ0) is 12.1. The molecule has 0 aliphatic heterocycles. The summed E-state index contributed by atoms with van der Waals surface area (Å²) >= 11 is 0. The molecule has 2 aromatic carbocycles. The van der Waals surface area contributed by atoms with Crippen LogP contribution in [0.1, 0.15) is 5.56 Å². The number of ether oxygens (including phenoxy) is 1. The average molecular weight is 228 g/mol. The third-order valence-corrected chi connectivity index (χ3v) is 2.61. The number of nitrogens with two attached hydrogens (primary N) is 1. The third-order valence-electron chi connectivity index (χ3n) is 2.61. The van der Waals surface area contributed by atoms with Crippen LogP contribution in [0.5, 0.6) is 5.75 Å². The maximum Gasteiger partial charge on any atom is 0.120 e. The maximum atomic E-state index is 5.94. The summed E-state index contributed by atoms with van der Waals surface area (Å²) < 4.78 is 5.11. The van der Waals surface area contributed by atoms with Crippen molar-refractivity contribution in [2.75, 3.05) is 18.2 Å². The molecule has 0 saturated heterocycles. The number of anilines is 2. The van der Waals surface area contributed by atoms with Gasteiger partial charge in [-0.05, 0) is 23.8 Å².